The minimum absolute atomic E-state index is 0.0709. The molecular formula is C12H18ClN3O3S. The lowest BCUT2D eigenvalue weighted by Gasteiger charge is -2.07. The highest BCUT2D eigenvalue weighted by Crippen LogP contribution is 2.27. The maximum atomic E-state index is 11.8. The van der Waals surface area contributed by atoms with Crippen LogP contribution in [0.3, 0.4) is 0 Å². The Morgan fingerprint density at radius 2 is 2.25 bits per heavy atom. The molecule has 1 saturated carbocycles. The van der Waals surface area contributed by atoms with Gasteiger partial charge in [-0.2, -0.15) is 0 Å². The first-order valence-corrected chi connectivity index (χ1v) is 8.98. The van der Waals surface area contributed by atoms with E-state index in [1.54, 1.807) is 4.57 Å². The molecule has 0 spiro atoms. The van der Waals surface area contributed by atoms with E-state index in [2.05, 4.69) is 10.3 Å². The summed E-state index contributed by atoms with van der Waals surface area (Å²) in [6.07, 6.45) is 5.07. The molecule has 1 amide bonds. The predicted octanol–water partition coefficient (Wildman–Crippen LogP) is 1.29. The lowest BCUT2D eigenvalue weighted by Crippen LogP contribution is -2.29. The second-order valence-electron chi connectivity index (χ2n) is 5.06. The number of aromatic nitrogens is 2. The summed E-state index contributed by atoms with van der Waals surface area (Å²) in [6, 6.07) is 0. The standard InChI is InChI=1S/C12H18ClN3O3S/c1-2-3-10-15-12(20(13,18)19)8-16(10)7-11(17)14-6-9-4-5-9/h8-9H,2-7H2,1H3,(H,14,17). The van der Waals surface area contributed by atoms with Crippen molar-refractivity contribution in [3.63, 3.8) is 0 Å². The van der Waals surface area contributed by atoms with E-state index < -0.39 is 9.05 Å². The molecule has 0 aromatic carbocycles. The zero-order chi connectivity index (χ0) is 14.8. The Balaban J connectivity index is 2.07. The van der Waals surface area contributed by atoms with E-state index in [1.807, 2.05) is 6.92 Å². The molecule has 1 heterocycles. The average molecular weight is 320 g/mol. The van der Waals surface area contributed by atoms with Crippen molar-refractivity contribution < 1.29 is 13.2 Å². The van der Waals surface area contributed by atoms with Crippen LogP contribution in [0.5, 0.6) is 0 Å². The van der Waals surface area contributed by atoms with Gasteiger partial charge in [0.15, 0.2) is 5.03 Å². The summed E-state index contributed by atoms with van der Waals surface area (Å²) >= 11 is 0. The molecule has 0 bridgehead atoms. The van der Waals surface area contributed by atoms with Crippen LogP contribution < -0.4 is 5.32 Å². The molecule has 1 aromatic heterocycles. The highest BCUT2D eigenvalue weighted by molar-refractivity contribution is 8.13. The number of imidazole rings is 1. The third-order valence-corrected chi connectivity index (χ3v) is 4.33. The number of hydrogen-bond acceptors (Lipinski definition) is 4. The van der Waals surface area contributed by atoms with Gasteiger partial charge in [-0.05, 0) is 25.2 Å². The van der Waals surface area contributed by atoms with Gasteiger partial charge in [0.1, 0.15) is 12.4 Å². The van der Waals surface area contributed by atoms with E-state index in [0.717, 1.165) is 6.42 Å². The van der Waals surface area contributed by atoms with E-state index in [-0.39, 0.29) is 17.5 Å². The van der Waals surface area contributed by atoms with E-state index in [1.165, 1.54) is 19.0 Å². The van der Waals surface area contributed by atoms with Gasteiger partial charge in [-0.25, -0.2) is 13.4 Å². The van der Waals surface area contributed by atoms with E-state index in [0.29, 0.717) is 24.7 Å². The lowest BCUT2D eigenvalue weighted by molar-refractivity contribution is -0.121. The Kier molecular flexibility index (Phi) is 4.70. The van der Waals surface area contributed by atoms with Crippen LogP contribution in [0.25, 0.3) is 0 Å². The van der Waals surface area contributed by atoms with Gasteiger partial charge in [-0.15, -0.1) is 0 Å². The maximum Gasteiger partial charge on any atom is 0.280 e. The number of aryl methyl sites for hydroxylation is 1. The minimum atomic E-state index is -3.87. The molecule has 1 aliphatic carbocycles. The monoisotopic (exact) mass is 319 g/mol. The van der Waals surface area contributed by atoms with Crippen molar-refractivity contribution >= 4 is 25.6 Å². The quantitative estimate of drug-likeness (QED) is 0.768. The van der Waals surface area contributed by atoms with Crippen molar-refractivity contribution in [2.45, 2.75) is 44.2 Å². The largest absolute Gasteiger partial charge is 0.354 e. The molecule has 20 heavy (non-hydrogen) atoms. The van der Waals surface area contributed by atoms with Gasteiger partial charge in [0, 0.05) is 29.8 Å². The number of halogens is 1. The van der Waals surface area contributed by atoms with Crippen LogP contribution in [-0.2, 0) is 26.8 Å². The summed E-state index contributed by atoms with van der Waals surface area (Å²) in [5.41, 5.74) is 0. The molecule has 1 N–H and O–H groups in total. The molecule has 1 aromatic rings. The van der Waals surface area contributed by atoms with Crippen LogP contribution in [0, 0.1) is 5.92 Å². The molecule has 2 rings (SSSR count). The van der Waals surface area contributed by atoms with Crippen molar-refractivity contribution in [1.29, 1.82) is 0 Å². The smallest absolute Gasteiger partial charge is 0.280 e. The molecule has 0 atom stereocenters. The van der Waals surface area contributed by atoms with Gasteiger partial charge in [-0.3, -0.25) is 4.79 Å². The van der Waals surface area contributed by atoms with Crippen molar-refractivity contribution in [3.05, 3.63) is 12.0 Å². The van der Waals surface area contributed by atoms with Crippen LogP contribution in [0.1, 0.15) is 32.0 Å². The van der Waals surface area contributed by atoms with Gasteiger partial charge in [0.25, 0.3) is 9.05 Å². The molecule has 112 valence electrons. The Morgan fingerprint density at radius 1 is 1.55 bits per heavy atom. The van der Waals surface area contributed by atoms with Gasteiger partial charge in [0.05, 0.1) is 0 Å². The van der Waals surface area contributed by atoms with E-state index in [9.17, 15) is 13.2 Å². The Bertz CT molecular complexity index is 593. The minimum Gasteiger partial charge on any atom is -0.354 e. The maximum absolute atomic E-state index is 11.8. The van der Waals surface area contributed by atoms with Gasteiger partial charge >= 0.3 is 0 Å². The highest BCUT2D eigenvalue weighted by atomic mass is 35.7. The molecule has 0 radical (unpaired) electrons. The predicted molar refractivity (Wildman–Crippen MR) is 75.0 cm³/mol. The summed E-state index contributed by atoms with van der Waals surface area (Å²) in [6.45, 7) is 2.72. The normalized spacial score (nSPS) is 15.3. The summed E-state index contributed by atoms with van der Waals surface area (Å²) in [5.74, 6) is 1.04. The van der Waals surface area contributed by atoms with Crippen LogP contribution in [0.15, 0.2) is 11.2 Å². The molecule has 0 aliphatic heterocycles. The number of amides is 1. The topological polar surface area (TPSA) is 81.1 Å². The molecule has 8 heteroatoms. The lowest BCUT2D eigenvalue weighted by atomic mass is 10.3. The van der Waals surface area contributed by atoms with Gasteiger partial charge in [-0.1, -0.05) is 6.92 Å². The van der Waals surface area contributed by atoms with E-state index >= 15 is 0 Å². The molecular weight excluding hydrogens is 302 g/mol. The zero-order valence-electron chi connectivity index (χ0n) is 11.3. The zero-order valence-corrected chi connectivity index (χ0v) is 12.9. The SMILES string of the molecule is CCCc1nc(S(=O)(=O)Cl)cn1CC(=O)NCC1CC1. The fourth-order valence-electron chi connectivity index (χ4n) is 1.90. The third-order valence-electron chi connectivity index (χ3n) is 3.16. The molecule has 0 unspecified atom stereocenters. The average Bonchev–Trinajstić information content (AvgIpc) is 3.09. The summed E-state index contributed by atoms with van der Waals surface area (Å²) in [7, 11) is 1.42. The van der Waals surface area contributed by atoms with Gasteiger partial charge < -0.3 is 9.88 Å². The van der Waals surface area contributed by atoms with E-state index in [4.69, 9.17) is 10.7 Å². The first kappa shape index (κ1) is 15.3. The number of nitrogens with one attached hydrogen (secondary N) is 1. The highest BCUT2D eigenvalue weighted by Gasteiger charge is 2.22. The molecule has 6 nitrogen and oxygen atoms in total. The van der Waals surface area contributed by atoms with Crippen LogP contribution in [-0.4, -0.2) is 30.4 Å². The van der Waals surface area contributed by atoms with Crippen molar-refractivity contribution in [1.82, 2.24) is 14.9 Å². The van der Waals surface area contributed by atoms with Crippen molar-refractivity contribution in [2.75, 3.05) is 6.54 Å². The van der Waals surface area contributed by atoms with Crippen LogP contribution >= 0.6 is 10.7 Å². The number of carbonyl (C=O) groups is 1. The van der Waals surface area contributed by atoms with Gasteiger partial charge in [0.2, 0.25) is 5.91 Å². The fourth-order valence-corrected chi connectivity index (χ4v) is 2.59. The third kappa shape index (κ3) is 4.21. The fraction of sp³-hybridized carbons (Fsp3) is 0.667. The van der Waals surface area contributed by atoms with Crippen LogP contribution in [0.2, 0.25) is 0 Å². The number of hydrogen-bond donors (Lipinski definition) is 1. The second-order valence-corrected chi connectivity index (χ2v) is 7.57. The second kappa shape index (κ2) is 6.13. The molecule has 1 fully saturated rings. The summed E-state index contributed by atoms with van der Waals surface area (Å²) < 4.78 is 24.2. The number of nitrogens with zero attached hydrogens (tertiary/aromatic N) is 2. The number of rotatable bonds is 7. The molecule has 0 saturated heterocycles. The van der Waals surface area contributed by atoms with Crippen molar-refractivity contribution in [3.8, 4) is 0 Å². The number of carbonyl (C=O) groups excluding carboxylic acids is 1. The first-order valence-electron chi connectivity index (χ1n) is 6.67. The Labute approximate surface area is 122 Å². The summed E-state index contributed by atoms with van der Waals surface area (Å²) in [5, 5.41) is 2.64. The Hall–Kier alpha value is -1.08. The van der Waals surface area contributed by atoms with Crippen LogP contribution in [0.4, 0.5) is 0 Å². The molecule has 1 aliphatic rings. The summed E-state index contributed by atoms with van der Waals surface area (Å²) in [4.78, 5) is 15.8. The first-order chi connectivity index (χ1) is 9.40. The Morgan fingerprint density at radius 3 is 2.80 bits per heavy atom. The van der Waals surface area contributed by atoms with Crippen molar-refractivity contribution in [2.24, 2.45) is 5.92 Å².